The van der Waals surface area contributed by atoms with Crippen LogP contribution in [0.1, 0.15) is 19.8 Å². The normalized spacial score (nSPS) is 14.1. The fraction of sp³-hybridized carbons (Fsp3) is 0.800. The fourth-order valence-electron chi connectivity index (χ4n) is 1.29. The molecule has 0 rings (SSSR count). The molecule has 0 aliphatic rings. The second-order valence-electron chi connectivity index (χ2n) is 3.87. The molecule has 112 valence electrons. The Hall–Kier alpha value is -0.920. The van der Waals surface area contributed by atoms with E-state index in [-0.39, 0.29) is 6.42 Å². The summed E-state index contributed by atoms with van der Waals surface area (Å²) in [6.45, 7) is 1.10. The molecule has 0 fully saturated rings. The van der Waals surface area contributed by atoms with Crippen molar-refractivity contribution in [1.82, 2.24) is 5.32 Å². The molecular formula is C10H13ClF5NO2. The van der Waals surface area contributed by atoms with Crippen molar-refractivity contribution in [2.45, 2.75) is 31.9 Å². The lowest BCUT2D eigenvalue weighted by Crippen LogP contribution is -2.51. The SMILES string of the molecule is CCCC(CNC(=O)C(F)(F)C(F)(F)F)C(=O)CCl. The Balaban J connectivity index is 4.61. The minimum Gasteiger partial charge on any atom is -0.350 e. The zero-order chi connectivity index (χ0) is 15.3. The number of nitrogens with one attached hydrogen (secondary N) is 1. The minimum absolute atomic E-state index is 0.240. The highest BCUT2D eigenvalue weighted by atomic mass is 35.5. The molecule has 0 spiro atoms. The van der Waals surface area contributed by atoms with E-state index in [1.54, 1.807) is 6.92 Å². The smallest absolute Gasteiger partial charge is 0.350 e. The van der Waals surface area contributed by atoms with Crippen LogP contribution in [-0.2, 0) is 9.59 Å². The summed E-state index contributed by atoms with van der Waals surface area (Å²) in [6.07, 6.45) is -5.23. The van der Waals surface area contributed by atoms with Gasteiger partial charge in [0.1, 0.15) is 0 Å². The minimum atomic E-state index is -5.96. The van der Waals surface area contributed by atoms with Crippen LogP contribution in [0.5, 0.6) is 0 Å². The maximum atomic E-state index is 12.6. The van der Waals surface area contributed by atoms with Crippen molar-refractivity contribution in [3.63, 3.8) is 0 Å². The summed E-state index contributed by atoms with van der Waals surface area (Å²) < 4.78 is 60.8. The fourth-order valence-corrected chi connectivity index (χ4v) is 1.51. The van der Waals surface area contributed by atoms with E-state index in [2.05, 4.69) is 0 Å². The van der Waals surface area contributed by atoms with E-state index in [9.17, 15) is 31.5 Å². The summed E-state index contributed by atoms with van der Waals surface area (Å²) >= 11 is 5.27. The molecule has 1 atom stereocenters. The Kier molecular flexibility index (Phi) is 6.68. The highest BCUT2D eigenvalue weighted by Crippen LogP contribution is 2.35. The first-order chi connectivity index (χ1) is 8.57. The highest BCUT2D eigenvalue weighted by Gasteiger charge is 2.63. The lowest BCUT2D eigenvalue weighted by atomic mass is 9.99. The molecule has 0 aliphatic heterocycles. The summed E-state index contributed by atoms with van der Waals surface area (Å²) in [6, 6.07) is 0. The van der Waals surface area contributed by atoms with Gasteiger partial charge in [0.15, 0.2) is 5.78 Å². The molecule has 1 amide bonds. The van der Waals surface area contributed by atoms with E-state index in [0.717, 1.165) is 0 Å². The average molecular weight is 310 g/mol. The van der Waals surface area contributed by atoms with Gasteiger partial charge in [0.05, 0.1) is 5.88 Å². The standard InChI is InChI=1S/C10H13ClF5NO2/c1-2-3-6(7(18)4-11)5-17-8(19)9(12,13)10(14,15)16/h6H,2-5H2,1H3,(H,17,19). The molecule has 1 N–H and O–H groups in total. The Labute approximate surface area is 111 Å². The Morgan fingerprint density at radius 2 is 1.74 bits per heavy atom. The summed E-state index contributed by atoms with van der Waals surface area (Å²) in [5.74, 6) is -9.72. The van der Waals surface area contributed by atoms with Crippen molar-refractivity contribution >= 4 is 23.3 Å². The van der Waals surface area contributed by atoms with Gasteiger partial charge in [-0.15, -0.1) is 11.6 Å². The number of ketones is 1. The van der Waals surface area contributed by atoms with Gasteiger partial charge < -0.3 is 5.32 Å². The van der Waals surface area contributed by atoms with Crippen LogP contribution >= 0.6 is 11.6 Å². The topological polar surface area (TPSA) is 46.2 Å². The van der Waals surface area contributed by atoms with E-state index in [0.29, 0.717) is 6.42 Å². The van der Waals surface area contributed by atoms with Crippen molar-refractivity contribution in [2.24, 2.45) is 5.92 Å². The number of hydrogen-bond acceptors (Lipinski definition) is 2. The number of rotatable bonds is 7. The zero-order valence-corrected chi connectivity index (χ0v) is 10.7. The molecule has 0 aromatic heterocycles. The second-order valence-corrected chi connectivity index (χ2v) is 4.13. The summed E-state index contributed by atoms with van der Waals surface area (Å²) in [5, 5.41) is 1.44. The van der Waals surface area contributed by atoms with Crippen LogP contribution in [-0.4, -0.2) is 36.2 Å². The number of carbonyl (C=O) groups excluding carboxylic acids is 2. The predicted molar refractivity (Wildman–Crippen MR) is 58.1 cm³/mol. The summed E-state index contributed by atoms with van der Waals surface area (Å²) in [5.41, 5.74) is 0. The summed E-state index contributed by atoms with van der Waals surface area (Å²) in [4.78, 5) is 22.1. The van der Waals surface area contributed by atoms with Crippen molar-refractivity contribution < 1.29 is 31.5 Å². The third-order valence-corrected chi connectivity index (χ3v) is 2.64. The first-order valence-electron chi connectivity index (χ1n) is 5.39. The van der Waals surface area contributed by atoms with Crippen LogP contribution in [0.4, 0.5) is 22.0 Å². The van der Waals surface area contributed by atoms with Crippen molar-refractivity contribution in [3.05, 3.63) is 0 Å². The van der Waals surface area contributed by atoms with E-state index < -0.39 is 42.1 Å². The van der Waals surface area contributed by atoms with Crippen LogP contribution in [0.15, 0.2) is 0 Å². The molecule has 9 heteroatoms. The van der Waals surface area contributed by atoms with Gasteiger partial charge in [-0.2, -0.15) is 22.0 Å². The number of alkyl halides is 6. The first-order valence-corrected chi connectivity index (χ1v) is 5.92. The Morgan fingerprint density at radius 1 is 1.21 bits per heavy atom. The van der Waals surface area contributed by atoms with Gasteiger partial charge in [-0.3, -0.25) is 9.59 Å². The molecule has 0 saturated carbocycles. The van der Waals surface area contributed by atoms with Crippen molar-refractivity contribution in [3.8, 4) is 0 Å². The average Bonchev–Trinajstić information content (AvgIpc) is 2.31. The predicted octanol–water partition coefficient (Wildman–Crippen LogP) is 2.52. The number of hydrogen-bond donors (Lipinski definition) is 1. The van der Waals surface area contributed by atoms with Gasteiger partial charge in [0.25, 0.3) is 5.91 Å². The van der Waals surface area contributed by atoms with Crippen LogP contribution in [0.25, 0.3) is 0 Å². The van der Waals surface area contributed by atoms with Crippen LogP contribution in [0.2, 0.25) is 0 Å². The molecular weight excluding hydrogens is 297 g/mol. The lowest BCUT2D eigenvalue weighted by Gasteiger charge is -2.20. The van der Waals surface area contributed by atoms with E-state index >= 15 is 0 Å². The third kappa shape index (κ3) is 4.93. The molecule has 19 heavy (non-hydrogen) atoms. The van der Waals surface area contributed by atoms with Crippen molar-refractivity contribution in [2.75, 3.05) is 12.4 Å². The second kappa shape index (κ2) is 7.02. The molecule has 0 bridgehead atoms. The van der Waals surface area contributed by atoms with E-state index in [1.807, 2.05) is 0 Å². The Morgan fingerprint density at radius 3 is 2.11 bits per heavy atom. The molecule has 0 aromatic rings. The number of carbonyl (C=O) groups is 2. The Bertz CT molecular complexity index is 332. The number of halogens is 6. The molecule has 3 nitrogen and oxygen atoms in total. The van der Waals surface area contributed by atoms with E-state index in [1.165, 1.54) is 5.32 Å². The lowest BCUT2D eigenvalue weighted by molar-refractivity contribution is -0.269. The maximum Gasteiger partial charge on any atom is 0.463 e. The maximum absolute atomic E-state index is 12.6. The number of Topliss-reactive ketones (excluding diaryl/α,β-unsaturated/α-hetero) is 1. The molecule has 0 aromatic carbocycles. The molecule has 0 heterocycles. The quantitative estimate of drug-likeness (QED) is 0.580. The zero-order valence-electron chi connectivity index (χ0n) is 9.99. The van der Waals surface area contributed by atoms with Gasteiger partial charge in [-0.05, 0) is 6.42 Å². The molecule has 0 saturated heterocycles. The van der Waals surface area contributed by atoms with E-state index in [4.69, 9.17) is 11.6 Å². The molecule has 1 unspecified atom stereocenters. The summed E-state index contributed by atoms with van der Waals surface area (Å²) in [7, 11) is 0. The van der Waals surface area contributed by atoms with Crippen LogP contribution in [0, 0.1) is 5.92 Å². The van der Waals surface area contributed by atoms with Gasteiger partial charge in [-0.25, -0.2) is 0 Å². The van der Waals surface area contributed by atoms with Crippen LogP contribution < -0.4 is 5.32 Å². The monoisotopic (exact) mass is 309 g/mol. The molecule has 0 radical (unpaired) electrons. The van der Waals surface area contributed by atoms with Gasteiger partial charge >= 0.3 is 12.1 Å². The van der Waals surface area contributed by atoms with Crippen molar-refractivity contribution in [1.29, 1.82) is 0 Å². The van der Waals surface area contributed by atoms with Gasteiger partial charge in [0.2, 0.25) is 0 Å². The van der Waals surface area contributed by atoms with Gasteiger partial charge in [0, 0.05) is 12.5 Å². The number of amides is 1. The largest absolute Gasteiger partial charge is 0.463 e. The molecule has 0 aliphatic carbocycles. The highest BCUT2D eigenvalue weighted by molar-refractivity contribution is 6.27. The first kappa shape index (κ1) is 18.1. The van der Waals surface area contributed by atoms with Crippen LogP contribution in [0.3, 0.4) is 0 Å². The van der Waals surface area contributed by atoms with Gasteiger partial charge in [-0.1, -0.05) is 13.3 Å². The third-order valence-electron chi connectivity index (χ3n) is 2.37.